The first-order valence-corrected chi connectivity index (χ1v) is 17.7. The zero-order chi connectivity index (χ0) is 37.9. The van der Waals surface area contributed by atoms with E-state index in [1.165, 1.54) is 12.1 Å². The van der Waals surface area contributed by atoms with Crippen molar-refractivity contribution in [1.29, 1.82) is 0 Å². The van der Waals surface area contributed by atoms with Crippen LogP contribution in [0.3, 0.4) is 0 Å². The standard InChI is InChI=1S/C35H53N5O12/c41-28-16-8-7-13-24(28)33-38-27(23-52-33)32(46)37-26(35(48)51-22-19-29(42)36-25-14-9-12-21-40(50)34(25)47)15-10-11-20-39(49)30(43)17-5-3-1-2-4-6-18-31(44)45/h2,4-5,7-8,13,16-17,25-27,30,33-34,38,41,43,47,49-50H,1,3,6,9-12,14-15,18-23H2,(H,36,42)(H,37,46)(H,44,45)/b4-2-,17-5-/t25-,26-,27-,30?,33?,34?/m0/s1. The average molecular weight is 736 g/mol. The van der Waals surface area contributed by atoms with E-state index in [1.807, 2.05) is 6.08 Å². The number of para-hydroxylation sites is 1. The number of amides is 2. The van der Waals surface area contributed by atoms with E-state index in [4.69, 9.17) is 14.6 Å². The number of aliphatic hydroxyl groups excluding tert-OH is 2. The van der Waals surface area contributed by atoms with Crippen LogP contribution < -0.4 is 16.0 Å². The number of carbonyl (C=O) groups excluding carboxylic acids is 3. The summed E-state index contributed by atoms with van der Waals surface area (Å²) < 4.78 is 11.0. The number of aliphatic hydroxyl groups is 2. The number of aliphatic carboxylic acids is 1. The molecular weight excluding hydrogens is 682 g/mol. The van der Waals surface area contributed by atoms with Crippen molar-refractivity contribution in [2.45, 2.75) is 107 Å². The Morgan fingerprint density at radius 3 is 2.60 bits per heavy atom. The maximum Gasteiger partial charge on any atom is 0.328 e. The van der Waals surface area contributed by atoms with Gasteiger partial charge in [-0.25, -0.2) is 4.79 Å². The van der Waals surface area contributed by atoms with Crippen LogP contribution in [0.1, 0.15) is 82.4 Å². The van der Waals surface area contributed by atoms with Gasteiger partial charge in [0.05, 0.1) is 19.1 Å². The number of aromatic hydroxyl groups is 1. The van der Waals surface area contributed by atoms with Crippen molar-refractivity contribution >= 4 is 23.8 Å². The lowest BCUT2D eigenvalue weighted by molar-refractivity contribution is -0.202. The minimum atomic E-state index is -1.27. The van der Waals surface area contributed by atoms with Gasteiger partial charge in [0.15, 0.2) is 0 Å². The third kappa shape index (κ3) is 15.0. The molecule has 3 unspecified atom stereocenters. The van der Waals surface area contributed by atoms with Gasteiger partial charge in [-0.2, -0.15) is 10.1 Å². The third-order valence-corrected chi connectivity index (χ3v) is 8.59. The molecule has 17 nitrogen and oxygen atoms in total. The first kappa shape index (κ1) is 42.5. The lowest BCUT2D eigenvalue weighted by Gasteiger charge is -2.26. The molecule has 2 amide bonds. The number of nitrogens with zero attached hydrogens (tertiary/aromatic N) is 2. The van der Waals surface area contributed by atoms with Gasteiger partial charge >= 0.3 is 11.9 Å². The smallest absolute Gasteiger partial charge is 0.328 e. The van der Waals surface area contributed by atoms with E-state index in [9.17, 15) is 44.9 Å². The van der Waals surface area contributed by atoms with Crippen LogP contribution in [0, 0.1) is 0 Å². The summed E-state index contributed by atoms with van der Waals surface area (Å²) in [5.41, 5.74) is 0.450. The van der Waals surface area contributed by atoms with Crippen molar-refractivity contribution in [3.63, 3.8) is 0 Å². The lowest BCUT2D eigenvalue weighted by atomic mass is 10.1. The Balaban J connectivity index is 1.49. The monoisotopic (exact) mass is 735 g/mol. The van der Waals surface area contributed by atoms with Crippen LogP contribution in [0.4, 0.5) is 0 Å². The summed E-state index contributed by atoms with van der Waals surface area (Å²) in [6.07, 6.45) is 7.59. The van der Waals surface area contributed by atoms with Crippen molar-refractivity contribution in [1.82, 2.24) is 26.1 Å². The molecule has 0 radical (unpaired) electrons. The first-order valence-electron chi connectivity index (χ1n) is 17.7. The van der Waals surface area contributed by atoms with E-state index >= 15 is 0 Å². The van der Waals surface area contributed by atoms with E-state index in [2.05, 4.69) is 16.0 Å². The number of phenolic OH excluding ortho intramolecular Hbond substituents is 1. The highest BCUT2D eigenvalue weighted by Gasteiger charge is 2.34. The number of allylic oxidation sites excluding steroid dienone is 3. The van der Waals surface area contributed by atoms with Crippen LogP contribution in [-0.4, -0.2) is 122 Å². The summed E-state index contributed by atoms with van der Waals surface area (Å²) in [5.74, 6) is -2.69. The van der Waals surface area contributed by atoms with Crippen LogP contribution in [-0.2, 0) is 28.7 Å². The molecule has 0 bridgehead atoms. The van der Waals surface area contributed by atoms with Gasteiger partial charge in [0.25, 0.3) is 0 Å². The number of hydroxylamine groups is 4. The molecule has 2 fully saturated rings. The van der Waals surface area contributed by atoms with Gasteiger partial charge in [0.1, 0.15) is 43.1 Å². The topological polar surface area (TPSA) is 251 Å². The summed E-state index contributed by atoms with van der Waals surface area (Å²) in [5, 5.41) is 69.3. The fourth-order valence-corrected chi connectivity index (χ4v) is 5.64. The Labute approximate surface area is 302 Å². The van der Waals surface area contributed by atoms with E-state index in [0.29, 0.717) is 56.9 Å². The molecule has 2 aliphatic rings. The maximum absolute atomic E-state index is 13.2. The number of carbonyl (C=O) groups is 4. The summed E-state index contributed by atoms with van der Waals surface area (Å²) in [4.78, 5) is 49.5. The molecule has 290 valence electrons. The number of unbranched alkanes of at least 4 members (excludes halogenated alkanes) is 2. The number of carboxylic acid groups (broad SMARTS) is 1. The molecule has 0 spiro atoms. The van der Waals surface area contributed by atoms with Gasteiger partial charge in [-0.1, -0.05) is 36.4 Å². The van der Waals surface area contributed by atoms with Crippen molar-refractivity contribution in [2.75, 3.05) is 26.3 Å². The van der Waals surface area contributed by atoms with Crippen molar-refractivity contribution in [3.8, 4) is 5.75 Å². The Morgan fingerprint density at radius 2 is 1.83 bits per heavy atom. The number of esters is 1. The fourth-order valence-electron chi connectivity index (χ4n) is 5.64. The second-order valence-corrected chi connectivity index (χ2v) is 12.7. The van der Waals surface area contributed by atoms with E-state index in [-0.39, 0.29) is 51.3 Å². The molecule has 1 aromatic carbocycles. The molecule has 2 saturated heterocycles. The number of nitrogens with one attached hydrogen (secondary N) is 3. The first-order chi connectivity index (χ1) is 25.0. The fraction of sp³-hybridized carbons (Fsp3) is 0.600. The van der Waals surface area contributed by atoms with E-state index < -0.39 is 60.6 Å². The zero-order valence-corrected chi connectivity index (χ0v) is 29.2. The van der Waals surface area contributed by atoms with E-state index in [0.717, 1.165) is 10.1 Å². The van der Waals surface area contributed by atoms with Gasteiger partial charge in [-0.05, 0) is 69.9 Å². The minimum absolute atomic E-state index is 0.00515. The number of hydrogen-bond acceptors (Lipinski definition) is 14. The second kappa shape index (κ2) is 22.9. The molecule has 0 saturated carbocycles. The largest absolute Gasteiger partial charge is 0.508 e. The number of phenols is 1. The Morgan fingerprint density at radius 1 is 1.08 bits per heavy atom. The molecule has 0 aliphatic carbocycles. The molecule has 9 N–H and O–H groups in total. The summed E-state index contributed by atoms with van der Waals surface area (Å²) in [6.45, 7) is -0.00205. The molecule has 6 atom stereocenters. The molecule has 1 aromatic rings. The lowest BCUT2D eigenvalue weighted by Crippen LogP contribution is -2.50. The zero-order valence-electron chi connectivity index (χ0n) is 29.2. The van der Waals surface area contributed by atoms with Crippen LogP contribution in [0.15, 0.2) is 48.6 Å². The van der Waals surface area contributed by atoms with Crippen LogP contribution in [0.25, 0.3) is 0 Å². The molecule has 0 aromatic heterocycles. The number of benzene rings is 1. The Hall–Kier alpha value is -3.94. The SMILES string of the molecule is O=C(O)CC/C=C\CC/C=C\C(O)N(O)CCCC[C@H](NC(=O)[C@@H]1COC(c2ccccc2O)N1)C(=O)OCCC(=O)N[C@H]1CCCCN(O)C1O. The van der Waals surface area contributed by atoms with Gasteiger partial charge in [0, 0.05) is 25.1 Å². The molecule has 3 rings (SSSR count). The number of hydrogen-bond donors (Lipinski definition) is 9. The number of ether oxygens (including phenoxy) is 2. The number of rotatable bonds is 21. The van der Waals surface area contributed by atoms with Gasteiger partial charge in [0.2, 0.25) is 11.8 Å². The summed E-state index contributed by atoms with van der Waals surface area (Å²) in [6, 6.07) is 3.87. The normalized spacial score (nSPS) is 22.3. The highest BCUT2D eigenvalue weighted by Crippen LogP contribution is 2.28. The second-order valence-electron chi connectivity index (χ2n) is 12.7. The molecular formula is C35H53N5O12. The molecule has 52 heavy (non-hydrogen) atoms. The van der Waals surface area contributed by atoms with Gasteiger partial charge in [-0.15, -0.1) is 0 Å². The summed E-state index contributed by atoms with van der Waals surface area (Å²) >= 11 is 0. The average Bonchev–Trinajstić information content (AvgIpc) is 3.55. The van der Waals surface area contributed by atoms with Crippen molar-refractivity contribution in [2.24, 2.45) is 0 Å². The highest BCUT2D eigenvalue weighted by molar-refractivity contribution is 5.88. The molecule has 17 heteroatoms. The van der Waals surface area contributed by atoms with Crippen LogP contribution in [0.2, 0.25) is 0 Å². The van der Waals surface area contributed by atoms with E-state index in [1.54, 1.807) is 30.4 Å². The predicted octanol–water partition coefficient (Wildman–Crippen LogP) is 1.41. The third-order valence-electron chi connectivity index (χ3n) is 8.59. The number of carboxylic acids is 1. The molecule has 2 aliphatic heterocycles. The van der Waals surface area contributed by atoms with Gasteiger partial charge < -0.3 is 50.9 Å². The Kier molecular flexibility index (Phi) is 18.7. The van der Waals surface area contributed by atoms with Crippen molar-refractivity contribution in [3.05, 3.63) is 54.1 Å². The van der Waals surface area contributed by atoms with Crippen LogP contribution in [0.5, 0.6) is 5.75 Å². The predicted molar refractivity (Wildman–Crippen MR) is 184 cm³/mol. The molecule has 2 heterocycles. The van der Waals surface area contributed by atoms with Gasteiger partial charge in [-0.3, -0.25) is 19.7 Å². The maximum atomic E-state index is 13.2. The minimum Gasteiger partial charge on any atom is -0.508 e. The van der Waals surface area contributed by atoms with Crippen LogP contribution >= 0.6 is 0 Å². The highest BCUT2D eigenvalue weighted by atomic mass is 16.5. The summed E-state index contributed by atoms with van der Waals surface area (Å²) in [7, 11) is 0. The quantitative estimate of drug-likeness (QED) is 0.0285. The Bertz CT molecular complexity index is 1350. The van der Waals surface area contributed by atoms with Crippen molar-refractivity contribution < 1.29 is 59.5 Å².